The van der Waals surface area contributed by atoms with Gasteiger partial charge < -0.3 is 4.74 Å². The lowest BCUT2D eigenvalue weighted by atomic mass is 10.1. The standard InChI is InChI=1S/C21H20N4O5S2/c1-30-17-13-22-21(23-14-17)25-31(26,27)18-11-9-16(10-12-18)24-32(28,29)20-8-4-6-15-5-2-3-7-19(15)20/h2-9,11,13-14,24H,10,12H2,1H3,(H,22,23,25). The highest BCUT2D eigenvalue weighted by Crippen LogP contribution is 2.26. The minimum atomic E-state index is -3.88. The van der Waals surface area contributed by atoms with Gasteiger partial charge in [0.2, 0.25) is 5.95 Å². The Balaban J connectivity index is 1.53. The maximum absolute atomic E-state index is 13.0. The van der Waals surface area contributed by atoms with Gasteiger partial charge in [0, 0.05) is 11.1 Å². The number of rotatable bonds is 7. The third-order valence-corrected chi connectivity index (χ3v) is 7.80. The molecule has 0 fully saturated rings. The maximum atomic E-state index is 13.0. The molecule has 0 saturated carbocycles. The van der Waals surface area contributed by atoms with Gasteiger partial charge in [-0.15, -0.1) is 0 Å². The third-order valence-electron chi connectivity index (χ3n) is 4.85. The average Bonchev–Trinajstić information content (AvgIpc) is 2.79. The van der Waals surface area contributed by atoms with Gasteiger partial charge in [0.05, 0.1) is 29.3 Å². The molecule has 9 nitrogen and oxygen atoms in total. The summed E-state index contributed by atoms with van der Waals surface area (Å²) in [6, 6.07) is 12.3. The zero-order valence-electron chi connectivity index (χ0n) is 17.0. The molecule has 2 aromatic carbocycles. The van der Waals surface area contributed by atoms with E-state index in [4.69, 9.17) is 4.74 Å². The van der Waals surface area contributed by atoms with Gasteiger partial charge in [-0.25, -0.2) is 31.5 Å². The van der Waals surface area contributed by atoms with Crippen molar-refractivity contribution in [2.24, 2.45) is 0 Å². The molecule has 1 aliphatic rings. The molecule has 4 rings (SSSR count). The molecule has 0 bridgehead atoms. The Morgan fingerprint density at radius 2 is 1.56 bits per heavy atom. The lowest BCUT2D eigenvalue weighted by Crippen LogP contribution is -2.25. The van der Waals surface area contributed by atoms with E-state index in [2.05, 4.69) is 19.4 Å². The number of nitrogens with zero attached hydrogens (tertiary/aromatic N) is 2. The van der Waals surface area contributed by atoms with Crippen LogP contribution in [0.2, 0.25) is 0 Å². The molecule has 3 aromatic rings. The van der Waals surface area contributed by atoms with E-state index in [0.717, 1.165) is 5.39 Å². The summed E-state index contributed by atoms with van der Waals surface area (Å²) in [4.78, 5) is 8.05. The monoisotopic (exact) mass is 472 g/mol. The van der Waals surface area contributed by atoms with Gasteiger partial charge in [0.15, 0.2) is 5.75 Å². The van der Waals surface area contributed by atoms with Crippen molar-refractivity contribution in [1.82, 2.24) is 14.7 Å². The van der Waals surface area contributed by atoms with Crippen LogP contribution in [0.4, 0.5) is 5.95 Å². The molecule has 0 spiro atoms. The minimum absolute atomic E-state index is 0.0851. The predicted octanol–water partition coefficient (Wildman–Crippen LogP) is 2.92. The second-order valence-electron chi connectivity index (χ2n) is 6.96. The fraction of sp³-hybridized carbons (Fsp3) is 0.143. The van der Waals surface area contributed by atoms with Crippen molar-refractivity contribution >= 4 is 36.8 Å². The molecular formula is C21H20N4O5S2. The summed E-state index contributed by atoms with van der Waals surface area (Å²) in [5, 5.41) is 1.43. The first-order chi connectivity index (χ1) is 15.3. The molecule has 1 heterocycles. The molecule has 0 saturated heterocycles. The highest BCUT2D eigenvalue weighted by atomic mass is 32.2. The molecule has 0 aliphatic heterocycles. The summed E-state index contributed by atoms with van der Waals surface area (Å²) < 4.78 is 61.0. The second-order valence-corrected chi connectivity index (χ2v) is 10.3. The number of fused-ring (bicyclic) bond motifs is 1. The Morgan fingerprint density at radius 3 is 2.25 bits per heavy atom. The zero-order chi connectivity index (χ0) is 22.8. The van der Waals surface area contributed by atoms with Crippen LogP contribution in [0, 0.1) is 0 Å². The van der Waals surface area contributed by atoms with Gasteiger partial charge in [-0.05, 0) is 36.4 Å². The van der Waals surface area contributed by atoms with Gasteiger partial charge in [-0.2, -0.15) is 0 Å². The van der Waals surface area contributed by atoms with Gasteiger partial charge in [0.1, 0.15) is 0 Å². The molecule has 2 N–H and O–H groups in total. The lowest BCUT2D eigenvalue weighted by Gasteiger charge is -2.17. The van der Waals surface area contributed by atoms with Crippen molar-refractivity contribution < 1.29 is 21.6 Å². The Kier molecular flexibility index (Phi) is 5.85. The molecule has 32 heavy (non-hydrogen) atoms. The number of anilines is 1. The fourth-order valence-electron chi connectivity index (χ4n) is 3.24. The van der Waals surface area contributed by atoms with E-state index in [1.807, 2.05) is 18.2 Å². The van der Waals surface area contributed by atoms with Crippen LogP contribution in [0.5, 0.6) is 5.75 Å². The lowest BCUT2D eigenvalue weighted by molar-refractivity contribution is 0.411. The summed E-state index contributed by atoms with van der Waals surface area (Å²) in [5.41, 5.74) is 0.401. The van der Waals surface area contributed by atoms with Crippen molar-refractivity contribution in [2.75, 3.05) is 11.8 Å². The molecule has 0 atom stereocenters. The summed E-state index contributed by atoms with van der Waals surface area (Å²) in [6.45, 7) is 0. The number of sulfonamides is 2. The first kappa shape index (κ1) is 21.8. The molecule has 0 radical (unpaired) electrons. The number of hydrogen-bond donors (Lipinski definition) is 2. The van der Waals surface area contributed by atoms with Gasteiger partial charge in [0.25, 0.3) is 20.0 Å². The molecule has 0 unspecified atom stereocenters. The van der Waals surface area contributed by atoms with E-state index >= 15 is 0 Å². The summed E-state index contributed by atoms with van der Waals surface area (Å²) in [6.07, 6.45) is 5.85. The Labute approximate surface area is 186 Å². The largest absolute Gasteiger partial charge is 0.494 e. The highest BCUT2D eigenvalue weighted by molar-refractivity contribution is 7.96. The fourth-order valence-corrected chi connectivity index (χ4v) is 5.70. The van der Waals surface area contributed by atoms with Crippen molar-refractivity contribution in [3.8, 4) is 5.75 Å². The molecule has 1 aliphatic carbocycles. The van der Waals surface area contributed by atoms with Crippen molar-refractivity contribution in [3.63, 3.8) is 0 Å². The quantitative estimate of drug-likeness (QED) is 0.541. The van der Waals surface area contributed by atoms with E-state index in [-0.39, 0.29) is 28.6 Å². The maximum Gasteiger partial charge on any atom is 0.262 e. The summed E-state index contributed by atoms with van der Waals surface area (Å²) in [5.74, 6) is 0.314. The first-order valence-corrected chi connectivity index (χ1v) is 12.5. The topological polar surface area (TPSA) is 127 Å². The van der Waals surface area contributed by atoms with E-state index in [1.165, 1.54) is 31.7 Å². The number of methoxy groups -OCH3 is 1. The van der Waals surface area contributed by atoms with Crippen molar-refractivity contribution in [3.05, 3.63) is 77.6 Å². The zero-order valence-corrected chi connectivity index (χ0v) is 18.7. The molecular weight excluding hydrogens is 452 g/mol. The summed E-state index contributed by atoms with van der Waals surface area (Å²) >= 11 is 0. The van der Waals surface area contributed by atoms with Crippen LogP contribution in [-0.4, -0.2) is 33.9 Å². The van der Waals surface area contributed by atoms with Crippen LogP contribution in [0.3, 0.4) is 0 Å². The number of allylic oxidation sites excluding steroid dienone is 4. The van der Waals surface area contributed by atoms with Crippen LogP contribution in [0.1, 0.15) is 12.8 Å². The van der Waals surface area contributed by atoms with Crippen LogP contribution >= 0.6 is 0 Å². The Hall–Kier alpha value is -3.44. The molecule has 0 amide bonds. The van der Waals surface area contributed by atoms with E-state index in [0.29, 0.717) is 16.8 Å². The highest BCUT2D eigenvalue weighted by Gasteiger charge is 2.24. The smallest absolute Gasteiger partial charge is 0.262 e. The van der Waals surface area contributed by atoms with Crippen molar-refractivity contribution in [1.29, 1.82) is 0 Å². The van der Waals surface area contributed by atoms with E-state index in [9.17, 15) is 16.8 Å². The Bertz CT molecular complexity index is 1430. The third kappa shape index (κ3) is 4.58. The number of nitrogens with one attached hydrogen (secondary N) is 2. The van der Waals surface area contributed by atoms with Gasteiger partial charge >= 0.3 is 0 Å². The number of ether oxygens (including phenoxy) is 1. The van der Waals surface area contributed by atoms with Gasteiger partial charge in [-0.3, -0.25) is 4.72 Å². The van der Waals surface area contributed by atoms with Gasteiger partial charge in [-0.1, -0.05) is 36.4 Å². The number of benzene rings is 2. The van der Waals surface area contributed by atoms with Crippen LogP contribution in [0.15, 0.2) is 82.5 Å². The molecule has 1 aromatic heterocycles. The SMILES string of the molecule is COc1cnc(NS(=O)(=O)C2=CC=C(NS(=O)(=O)c3cccc4ccccc34)CC2)nc1. The van der Waals surface area contributed by atoms with Crippen LogP contribution in [0.25, 0.3) is 10.8 Å². The first-order valence-electron chi connectivity index (χ1n) is 9.58. The Morgan fingerprint density at radius 1 is 0.844 bits per heavy atom. The van der Waals surface area contributed by atoms with E-state index < -0.39 is 20.0 Å². The van der Waals surface area contributed by atoms with E-state index in [1.54, 1.807) is 24.3 Å². The minimum Gasteiger partial charge on any atom is -0.494 e. The number of aromatic nitrogens is 2. The summed E-state index contributed by atoms with van der Waals surface area (Å²) in [7, 11) is -6.27. The second kappa shape index (κ2) is 8.60. The average molecular weight is 473 g/mol. The van der Waals surface area contributed by atoms with Crippen LogP contribution < -0.4 is 14.2 Å². The van der Waals surface area contributed by atoms with Crippen molar-refractivity contribution in [2.45, 2.75) is 17.7 Å². The van der Waals surface area contributed by atoms with Crippen LogP contribution in [-0.2, 0) is 20.0 Å². The predicted molar refractivity (Wildman–Crippen MR) is 121 cm³/mol. The molecule has 11 heteroatoms. The normalized spacial score (nSPS) is 14.4. The molecule has 166 valence electrons. The number of hydrogen-bond acceptors (Lipinski definition) is 7.